The van der Waals surface area contributed by atoms with Crippen LogP contribution in [0.2, 0.25) is 0 Å². The molecule has 2 N–H and O–H groups in total. The van der Waals surface area contributed by atoms with Crippen LogP contribution in [-0.4, -0.2) is 22.3 Å². The summed E-state index contributed by atoms with van der Waals surface area (Å²) in [6, 6.07) is 0. The number of carboxylic acid groups (broad SMARTS) is 1. The number of carboxylic acids is 1. The minimum Gasteiger partial charge on any atom is -0.478 e. The highest BCUT2D eigenvalue weighted by Crippen LogP contribution is 2.71. The molecule has 2 unspecified atom stereocenters. The topological polar surface area (TPSA) is 57.5 Å². The van der Waals surface area contributed by atoms with E-state index in [1.807, 2.05) is 6.08 Å². The van der Waals surface area contributed by atoms with Gasteiger partial charge in [-0.2, -0.15) is 0 Å². The molecule has 4 aliphatic carbocycles. The molecule has 0 bridgehead atoms. The predicted molar refractivity (Wildman–Crippen MR) is 135 cm³/mol. The molecule has 0 aromatic heterocycles. The van der Waals surface area contributed by atoms with Gasteiger partial charge in [0.05, 0.1) is 6.10 Å². The highest BCUT2D eigenvalue weighted by Gasteiger charge is 2.62. The molecule has 3 heteroatoms. The number of aliphatic hydroxyl groups excluding tert-OH is 1. The summed E-state index contributed by atoms with van der Waals surface area (Å²) in [4.78, 5) is 11.1. The van der Waals surface area contributed by atoms with Crippen LogP contribution in [0.1, 0.15) is 99.8 Å². The molecule has 2 fully saturated rings. The first-order valence-corrected chi connectivity index (χ1v) is 13.3. The van der Waals surface area contributed by atoms with Crippen molar-refractivity contribution in [2.75, 3.05) is 0 Å². The van der Waals surface area contributed by atoms with E-state index in [0.717, 1.165) is 38.5 Å². The fourth-order valence-electron chi connectivity index (χ4n) is 8.80. The molecule has 2 saturated carbocycles. The monoisotopic (exact) mass is 454 g/mol. The number of hydrogen-bond acceptors (Lipinski definition) is 2. The van der Waals surface area contributed by atoms with E-state index in [1.54, 1.807) is 18.1 Å². The van der Waals surface area contributed by atoms with Crippen LogP contribution in [0, 0.1) is 39.4 Å². The zero-order chi connectivity index (χ0) is 24.4. The van der Waals surface area contributed by atoms with Crippen LogP contribution >= 0.6 is 0 Å². The lowest BCUT2D eigenvalue weighted by Gasteiger charge is -2.61. The van der Waals surface area contributed by atoms with Gasteiger partial charge in [-0.05, 0) is 109 Å². The normalized spacial score (nSPS) is 43.0. The molecule has 3 nitrogen and oxygen atoms in total. The lowest BCUT2D eigenvalue weighted by atomic mass is 9.44. The summed E-state index contributed by atoms with van der Waals surface area (Å²) >= 11 is 0. The molecule has 0 spiro atoms. The van der Waals surface area contributed by atoms with E-state index >= 15 is 0 Å². The van der Waals surface area contributed by atoms with Crippen LogP contribution in [0.15, 0.2) is 34.9 Å². The number of aliphatic carboxylic acids is 1. The van der Waals surface area contributed by atoms with Gasteiger partial charge < -0.3 is 10.2 Å². The molecule has 0 heterocycles. The predicted octanol–water partition coefficient (Wildman–Crippen LogP) is 7.32. The zero-order valence-corrected chi connectivity index (χ0v) is 22.0. The first-order chi connectivity index (χ1) is 15.3. The van der Waals surface area contributed by atoms with E-state index in [2.05, 4.69) is 53.7 Å². The smallest absolute Gasteiger partial charge is 0.330 e. The lowest BCUT2D eigenvalue weighted by molar-refractivity contribution is -0.132. The summed E-state index contributed by atoms with van der Waals surface area (Å²) in [5, 5.41) is 19.9. The number of fused-ring (bicyclic) bond motifs is 5. The summed E-state index contributed by atoms with van der Waals surface area (Å²) in [6.45, 7) is 16.2. The molecule has 4 aliphatic rings. The van der Waals surface area contributed by atoms with Crippen molar-refractivity contribution in [3.63, 3.8) is 0 Å². The quantitative estimate of drug-likeness (QED) is 0.428. The Labute approximate surface area is 201 Å². The second-order valence-electron chi connectivity index (χ2n) is 13.2. The van der Waals surface area contributed by atoms with E-state index in [-0.39, 0.29) is 27.8 Å². The van der Waals surface area contributed by atoms with E-state index in [1.165, 1.54) is 12.8 Å². The van der Waals surface area contributed by atoms with Gasteiger partial charge in [-0.25, -0.2) is 4.79 Å². The first kappa shape index (κ1) is 24.8. The summed E-state index contributed by atoms with van der Waals surface area (Å²) in [6.07, 6.45) is 15.5. The maximum atomic E-state index is 11.1. The van der Waals surface area contributed by atoms with Gasteiger partial charge in [-0.3, -0.25) is 0 Å². The Morgan fingerprint density at radius 2 is 1.82 bits per heavy atom. The zero-order valence-electron chi connectivity index (χ0n) is 22.0. The standard InChI is InChI=1S/C30H46O3/c1-19(9-8-10-20(2)26(32)33)21-13-17-30(7)23-11-12-24-27(3,4)25(31)15-16-28(24,5)22(23)14-18-29(21,30)6/h10-11,14,19,21,24-25,31H,8-9,12-13,15-18H2,1-7H3,(H,32,33)/b20-10+/t19-,21?,24?,25+,28-,29-,30+/m1/s1. The Kier molecular flexibility index (Phi) is 6.08. The fourth-order valence-corrected chi connectivity index (χ4v) is 8.80. The molecular formula is C30H46O3. The largest absolute Gasteiger partial charge is 0.478 e. The number of rotatable bonds is 5. The van der Waals surface area contributed by atoms with Crippen LogP contribution in [0.25, 0.3) is 0 Å². The minimum atomic E-state index is -0.803. The van der Waals surface area contributed by atoms with Crippen LogP contribution < -0.4 is 0 Å². The van der Waals surface area contributed by atoms with E-state index in [4.69, 9.17) is 5.11 Å². The molecule has 0 saturated heterocycles. The average molecular weight is 455 g/mol. The molecule has 0 aromatic rings. The first-order valence-electron chi connectivity index (χ1n) is 13.3. The number of carbonyl (C=O) groups is 1. The SMILES string of the molecule is C/C(=C\CC[C@@H](C)C1CC[C@@]2(C)C3=CCC4C(C)(C)[C@@H](O)CC[C@]4(C)C3=CC[C@]12C)C(=O)O. The van der Waals surface area contributed by atoms with E-state index in [0.29, 0.717) is 23.3 Å². The molecule has 7 atom stereocenters. The van der Waals surface area contributed by atoms with Crippen LogP contribution in [0.3, 0.4) is 0 Å². The van der Waals surface area contributed by atoms with Crippen molar-refractivity contribution in [3.8, 4) is 0 Å². The van der Waals surface area contributed by atoms with Crippen molar-refractivity contribution >= 4 is 5.97 Å². The summed E-state index contributed by atoms with van der Waals surface area (Å²) in [7, 11) is 0. The van der Waals surface area contributed by atoms with Gasteiger partial charge in [-0.15, -0.1) is 0 Å². The third-order valence-corrected chi connectivity index (χ3v) is 11.4. The maximum absolute atomic E-state index is 11.1. The fraction of sp³-hybridized carbons (Fsp3) is 0.767. The van der Waals surface area contributed by atoms with Gasteiger partial charge in [0.1, 0.15) is 0 Å². The molecule has 0 aliphatic heterocycles. The molecule has 0 amide bonds. The molecule has 0 radical (unpaired) electrons. The Hall–Kier alpha value is -1.35. The third-order valence-electron chi connectivity index (χ3n) is 11.4. The van der Waals surface area contributed by atoms with Gasteiger partial charge in [0.25, 0.3) is 0 Å². The van der Waals surface area contributed by atoms with Gasteiger partial charge in [0.2, 0.25) is 0 Å². The van der Waals surface area contributed by atoms with Gasteiger partial charge >= 0.3 is 5.97 Å². The lowest BCUT2D eigenvalue weighted by Crippen LogP contribution is -2.54. The number of hydrogen-bond donors (Lipinski definition) is 2. The maximum Gasteiger partial charge on any atom is 0.330 e. The van der Waals surface area contributed by atoms with Crippen LogP contribution in [-0.2, 0) is 4.79 Å². The van der Waals surface area contributed by atoms with Crippen LogP contribution in [0.4, 0.5) is 0 Å². The molecule has 33 heavy (non-hydrogen) atoms. The van der Waals surface area contributed by atoms with E-state index < -0.39 is 5.97 Å². The average Bonchev–Trinajstić information content (AvgIpc) is 3.02. The molecule has 0 aromatic carbocycles. The Balaban J connectivity index is 1.61. The van der Waals surface area contributed by atoms with Crippen LogP contribution in [0.5, 0.6) is 0 Å². The van der Waals surface area contributed by atoms with Gasteiger partial charge in [-0.1, -0.05) is 59.8 Å². The Morgan fingerprint density at radius 3 is 2.48 bits per heavy atom. The Morgan fingerprint density at radius 1 is 1.12 bits per heavy atom. The second kappa shape index (κ2) is 8.11. The number of aliphatic hydroxyl groups is 1. The second-order valence-corrected chi connectivity index (χ2v) is 13.2. The van der Waals surface area contributed by atoms with Crippen molar-refractivity contribution < 1.29 is 15.0 Å². The molecule has 184 valence electrons. The number of allylic oxidation sites excluding steroid dienone is 5. The van der Waals surface area contributed by atoms with E-state index in [9.17, 15) is 9.90 Å². The third kappa shape index (κ3) is 3.51. The van der Waals surface area contributed by atoms with Gasteiger partial charge in [0.15, 0.2) is 0 Å². The summed E-state index contributed by atoms with van der Waals surface area (Å²) < 4.78 is 0. The van der Waals surface area contributed by atoms with Crippen molar-refractivity contribution in [1.82, 2.24) is 0 Å². The highest BCUT2D eigenvalue weighted by atomic mass is 16.4. The minimum absolute atomic E-state index is 0.0498. The van der Waals surface area contributed by atoms with Crippen molar-refractivity contribution in [3.05, 3.63) is 34.9 Å². The molecular weight excluding hydrogens is 408 g/mol. The Bertz CT molecular complexity index is 908. The molecule has 4 rings (SSSR count). The highest BCUT2D eigenvalue weighted by molar-refractivity contribution is 5.85. The van der Waals surface area contributed by atoms with Crippen molar-refractivity contribution in [1.29, 1.82) is 0 Å². The summed E-state index contributed by atoms with van der Waals surface area (Å²) in [5.74, 6) is 0.940. The summed E-state index contributed by atoms with van der Waals surface area (Å²) in [5.41, 5.74) is 4.26. The van der Waals surface area contributed by atoms with Crippen molar-refractivity contribution in [2.45, 2.75) is 106 Å². The van der Waals surface area contributed by atoms with Crippen molar-refractivity contribution in [2.24, 2.45) is 39.4 Å². The van der Waals surface area contributed by atoms with Gasteiger partial charge in [0, 0.05) is 5.57 Å².